The molecule has 0 aromatic rings. The molecule has 14 heavy (non-hydrogen) atoms. The molecule has 1 unspecified atom stereocenters. The van der Waals surface area contributed by atoms with Gasteiger partial charge in [0.1, 0.15) is 0 Å². The number of rotatable bonds is 4. The highest BCUT2D eigenvalue weighted by Gasteiger charge is 2.18. The fourth-order valence-corrected chi connectivity index (χ4v) is 1.03. The second kappa shape index (κ2) is 5.13. The Bertz CT molecular complexity index is 151. The van der Waals surface area contributed by atoms with Crippen molar-refractivity contribution in [3.05, 3.63) is 0 Å². The van der Waals surface area contributed by atoms with Crippen molar-refractivity contribution in [2.45, 2.75) is 60.0 Å². The van der Waals surface area contributed by atoms with Crippen LogP contribution < -0.4 is 10.6 Å². The summed E-state index contributed by atoms with van der Waals surface area (Å²) in [5, 5.41) is 7.00. The van der Waals surface area contributed by atoms with Gasteiger partial charge in [0.25, 0.3) is 0 Å². The first-order valence-electron chi connectivity index (χ1n) is 5.61. The van der Waals surface area contributed by atoms with Crippen LogP contribution in [-0.4, -0.2) is 24.7 Å². The number of nitrogens with one attached hydrogen (secondary N) is 2. The molecule has 0 aliphatic heterocycles. The molecule has 0 radical (unpaired) electrons. The molecule has 0 aliphatic rings. The minimum atomic E-state index is 0.229. The van der Waals surface area contributed by atoms with Crippen molar-refractivity contribution in [1.82, 2.24) is 10.6 Å². The first-order chi connectivity index (χ1) is 6.13. The molecule has 0 fully saturated rings. The van der Waals surface area contributed by atoms with Crippen LogP contribution in [0, 0.1) is 5.41 Å². The van der Waals surface area contributed by atoms with E-state index in [2.05, 4.69) is 59.1 Å². The zero-order valence-corrected chi connectivity index (χ0v) is 11.0. The van der Waals surface area contributed by atoms with E-state index < -0.39 is 0 Å². The third kappa shape index (κ3) is 7.34. The van der Waals surface area contributed by atoms with Gasteiger partial charge < -0.3 is 10.6 Å². The lowest BCUT2D eigenvalue weighted by Gasteiger charge is -2.29. The largest absolute Gasteiger partial charge is 0.312 e. The highest BCUT2D eigenvalue weighted by molar-refractivity contribution is 4.77. The SMILES string of the molecule is CC(NCCNC(C)(C)C)C(C)(C)C. The molecule has 0 saturated heterocycles. The van der Waals surface area contributed by atoms with Gasteiger partial charge in [0.05, 0.1) is 0 Å². The number of hydrogen-bond donors (Lipinski definition) is 2. The molecule has 0 aliphatic carbocycles. The molecule has 2 nitrogen and oxygen atoms in total. The van der Waals surface area contributed by atoms with Crippen LogP contribution in [0.5, 0.6) is 0 Å². The smallest absolute Gasteiger partial charge is 0.00970 e. The Balaban J connectivity index is 3.56. The van der Waals surface area contributed by atoms with E-state index in [0.29, 0.717) is 11.5 Å². The lowest BCUT2D eigenvalue weighted by molar-refractivity contribution is 0.283. The maximum Gasteiger partial charge on any atom is 0.00970 e. The molecule has 0 spiro atoms. The summed E-state index contributed by atoms with van der Waals surface area (Å²) in [7, 11) is 0. The van der Waals surface area contributed by atoms with Crippen LogP contribution >= 0.6 is 0 Å². The molecule has 86 valence electrons. The highest BCUT2D eigenvalue weighted by Crippen LogP contribution is 2.17. The summed E-state index contributed by atoms with van der Waals surface area (Å²) in [5.41, 5.74) is 0.578. The van der Waals surface area contributed by atoms with E-state index >= 15 is 0 Å². The average Bonchev–Trinajstić information content (AvgIpc) is 1.93. The third-order valence-corrected chi connectivity index (χ3v) is 2.53. The Morgan fingerprint density at radius 3 is 1.79 bits per heavy atom. The second-order valence-corrected chi connectivity index (χ2v) is 6.22. The van der Waals surface area contributed by atoms with E-state index in [9.17, 15) is 0 Å². The van der Waals surface area contributed by atoms with Gasteiger partial charge in [-0.2, -0.15) is 0 Å². The topological polar surface area (TPSA) is 24.1 Å². The van der Waals surface area contributed by atoms with Crippen LogP contribution in [0.1, 0.15) is 48.5 Å². The zero-order valence-electron chi connectivity index (χ0n) is 11.0. The summed E-state index contributed by atoms with van der Waals surface area (Å²) in [4.78, 5) is 0. The predicted octanol–water partition coefficient (Wildman–Crippen LogP) is 2.40. The zero-order chi connectivity index (χ0) is 11.4. The Hall–Kier alpha value is -0.0800. The van der Waals surface area contributed by atoms with Crippen molar-refractivity contribution in [3.8, 4) is 0 Å². The normalized spacial score (nSPS) is 15.6. The maximum absolute atomic E-state index is 3.53. The molecular weight excluding hydrogens is 172 g/mol. The fourth-order valence-electron chi connectivity index (χ4n) is 1.03. The highest BCUT2D eigenvalue weighted by atomic mass is 15.0. The Kier molecular flexibility index (Phi) is 5.10. The minimum absolute atomic E-state index is 0.229. The quantitative estimate of drug-likeness (QED) is 0.681. The van der Waals surface area contributed by atoms with Gasteiger partial charge in [-0.3, -0.25) is 0 Å². The van der Waals surface area contributed by atoms with Crippen LogP contribution in [0.15, 0.2) is 0 Å². The van der Waals surface area contributed by atoms with E-state index in [4.69, 9.17) is 0 Å². The van der Waals surface area contributed by atoms with Gasteiger partial charge in [-0.05, 0) is 33.1 Å². The summed E-state index contributed by atoms with van der Waals surface area (Å²) >= 11 is 0. The molecule has 2 heteroatoms. The van der Waals surface area contributed by atoms with Crippen molar-refractivity contribution in [2.75, 3.05) is 13.1 Å². The lowest BCUT2D eigenvalue weighted by Crippen LogP contribution is -2.44. The monoisotopic (exact) mass is 200 g/mol. The van der Waals surface area contributed by atoms with Gasteiger partial charge in [0, 0.05) is 24.7 Å². The lowest BCUT2D eigenvalue weighted by atomic mass is 9.88. The second-order valence-electron chi connectivity index (χ2n) is 6.22. The Labute approximate surface area is 89.9 Å². The molecule has 0 heterocycles. The summed E-state index contributed by atoms with van der Waals surface area (Å²) < 4.78 is 0. The number of hydrogen-bond acceptors (Lipinski definition) is 2. The molecule has 1 atom stereocenters. The van der Waals surface area contributed by atoms with Crippen LogP contribution in [0.2, 0.25) is 0 Å². The summed E-state index contributed by atoms with van der Waals surface area (Å²) in [6.45, 7) is 17.7. The molecule has 0 rings (SSSR count). The molecule has 0 saturated carbocycles. The van der Waals surface area contributed by atoms with Crippen molar-refractivity contribution >= 4 is 0 Å². The third-order valence-electron chi connectivity index (χ3n) is 2.53. The van der Waals surface area contributed by atoms with Gasteiger partial charge in [0.2, 0.25) is 0 Å². The first-order valence-corrected chi connectivity index (χ1v) is 5.61. The maximum atomic E-state index is 3.53. The molecule has 0 amide bonds. The minimum Gasteiger partial charge on any atom is -0.312 e. The van der Waals surface area contributed by atoms with Gasteiger partial charge in [-0.25, -0.2) is 0 Å². The standard InChI is InChI=1S/C12H28N2/c1-10(11(2,3)4)13-8-9-14-12(5,6)7/h10,13-14H,8-9H2,1-7H3. The molecule has 0 bridgehead atoms. The van der Waals surface area contributed by atoms with E-state index in [0.717, 1.165) is 13.1 Å². The van der Waals surface area contributed by atoms with Crippen LogP contribution in [-0.2, 0) is 0 Å². The van der Waals surface area contributed by atoms with E-state index in [1.807, 2.05) is 0 Å². The molecule has 0 aromatic heterocycles. The molecule has 0 aromatic carbocycles. The summed E-state index contributed by atoms with van der Waals surface area (Å²) in [6.07, 6.45) is 0. The summed E-state index contributed by atoms with van der Waals surface area (Å²) in [5.74, 6) is 0. The van der Waals surface area contributed by atoms with Crippen LogP contribution in [0.4, 0.5) is 0 Å². The first kappa shape index (κ1) is 13.9. The van der Waals surface area contributed by atoms with Gasteiger partial charge in [-0.1, -0.05) is 20.8 Å². The summed E-state index contributed by atoms with van der Waals surface area (Å²) in [6, 6.07) is 0.560. The predicted molar refractivity (Wildman–Crippen MR) is 64.7 cm³/mol. The van der Waals surface area contributed by atoms with Gasteiger partial charge in [-0.15, -0.1) is 0 Å². The van der Waals surface area contributed by atoms with E-state index in [1.54, 1.807) is 0 Å². The van der Waals surface area contributed by atoms with Crippen molar-refractivity contribution in [2.24, 2.45) is 5.41 Å². The molecular formula is C12H28N2. The Morgan fingerprint density at radius 1 is 0.929 bits per heavy atom. The van der Waals surface area contributed by atoms with E-state index in [-0.39, 0.29) is 5.54 Å². The Morgan fingerprint density at radius 2 is 1.43 bits per heavy atom. The van der Waals surface area contributed by atoms with Crippen LogP contribution in [0.25, 0.3) is 0 Å². The molecule has 2 N–H and O–H groups in total. The van der Waals surface area contributed by atoms with Crippen molar-refractivity contribution in [1.29, 1.82) is 0 Å². The fraction of sp³-hybridized carbons (Fsp3) is 1.00. The average molecular weight is 200 g/mol. The van der Waals surface area contributed by atoms with Crippen LogP contribution in [0.3, 0.4) is 0 Å². The van der Waals surface area contributed by atoms with E-state index in [1.165, 1.54) is 0 Å². The van der Waals surface area contributed by atoms with Crippen molar-refractivity contribution < 1.29 is 0 Å². The van der Waals surface area contributed by atoms with Gasteiger partial charge >= 0.3 is 0 Å². The van der Waals surface area contributed by atoms with Gasteiger partial charge in [0.15, 0.2) is 0 Å². The van der Waals surface area contributed by atoms with Crippen molar-refractivity contribution in [3.63, 3.8) is 0 Å².